The van der Waals surface area contributed by atoms with E-state index in [0.717, 1.165) is 68.9 Å². The molecule has 5 nitrogen and oxygen atoms in total. The third kappa shape index (κ3) is 3.21. The van der Waals surface area contributed by atoms with Gasteiger partial charge in [0.05, 0.1) is 5.56 Å². The van der Waals surface area contributed by atoms with Crippen LogP contribution in [-0.2, 0) is 11.3 Å². The summed E-state index contributed by atoms with van der Waals surface area (Å²) in [6.45, 7) is 12.3. The number of carbonyl (C=O) groups excluding carboxylic acids is 2. The van der Waals surface area contributed by atoms with Gasteiger partial charge in [-0.15, -0.1) is 0 Å². The van der Waals surface area contributed by atoms with Crippen molar-refractivity contribution >= 4 is 11.8 Å². The van der Waals surface area contributed by atoms with Gasteiger partial charge in [0.15, 0.2) is 0 Å². The molecule has 2 fully saturated rings. The molecule has 25 heavy (non-hydrogen) atoms. The smallest absolute Gasteiger partial charge is 0.255 e. The van der Waals surface area contributed by atoms with E-state index in [1.807, 2.05) is 29.7 Å². The molecular weight excluding hydrogens is 314 g/mol. The number of hydrogen-bond acceptors (Lipinski definition) is 2. The second-order valence-corrected chi connectivity index (χ2v) is 7.77. The maximum atomic E-state index is 13.2. The zero-order chi connectivity index (χ0) is 18.2. The number of aryl methyl sites for hydroxylation is 1. The fraction of sp³-hybridized carbons (Fsp3) is 0.700. The first-order valence-electron chi connectivity index (χ1n) is 9.64. The van der Waals surface area contributed by atoms with Crippen molar-refractivity contribution in [2.75, 3.05) is 26.2 Å². The quantitative estimate of drug-likeness (QED) is 0.845. The first-order chi connectivity index (χ1) is 11.9. The van der Waals surface area contributed by atoms with Gasteiger partial charge in [0.2, 0.25) is 5.91 Å². The monoisotopic (exact) mass is 345 g/mol. The fourth-order valence-corrected chi connectivity index (χ4v) is 4.78. The molecule has 5 heteroatoms. The van der Waals surface area contributed by atoms with Crippen LogP contribution in [0.2, 0.25) is 0 Å². The number of aromatic nitrogens is 1. The predicted octanol–water partition coefficient (Wildman–Crippen LogP) is 2.99. The Labute approximate surface area is 151 Å². The number of hydrogen-bond donors (Lipinski definition) is 0. The molecule has 1 aromatic heterocycles. The molecule has 0 radical (unpaired) electrons. The molecule has 0 bridgehead atoms. The van der Waals surface area contributed by atoms with Crippen LogP contribution in [0.1, 0.15) is 61.3 Å². The van der Waals surface area contributed by atoms with Crippen LogP contribution in [0.25, 0.3) is 0 Å². The third-order valence-electron chi connectivity index (χ3n) is 6.20. The van der Waals surface area contributed by atoms with Crippen LogP contribution in [0.15, 0.2) is 6.07 Å². The van der Waals surface area contributed by atoms with Crippen LogP contribution in [0.4, 0.5) is 0 Å². The van der Waals surface area contributed by atoms with Crippen LogP contribution in [0.3, 0.4) is 0 Å². The van der Waals surface area contributed by atoms with E-state index in [0.29, 0.717) is 6.42 Å². The summed E-state index contributed by atoms with van der Waals surface area (Å²) in [4.78, 5) is 29.2. The van der Waals surface area contributed by atoms with E-state index < -0.39 is 0 Å². The van der Waals surface area contributed by atoms with Crippen molar-refractivity contribution in [3.05, 3.63) is 23.0 Å². The molecular formula is C20H31N3O2. The van der Waals surface area contributed by atoms with Crippen molar-refractivity contribution in [1.82, 2.24) is 14.4 Å². The number of nitrogens with zero attached hydrogens (tertiary/aromatic N) is 3. The van der Waals surface area contributed by atoms with Crippen molar-refractivity contribution in [2.24, 2.45) is 5.41 Å². The minimum Gasteiger partial charge on any atom is -0.349 e. The second kappa shape index (κ2) is 6.85. The first-order valence-corrected chi connectivity index (χ1v) is 9.64. The van der Waals surface area contributed by atoms with E-state index in [4.69, 9.17) is 0 Å². The Kier molecular flexibility index (Phi) is 4.94. The van der Waals surface area contributed by atoms with Crippen LogP contribution in [0.5, 0.6) is 0 Å². The van der Waals surface area contributed by atoms with Gasteiger partial charge in [0, 0.05) is 55.9 Å². The highest BCUT2D eigenvalue weighted by Crippen LogP contribution is 2.39. The standard InChI is InChI=1S/C20H31N3O2/c1-5-21-13-20(10-8-18(21)24)9-7-11-22(14-20)19(25)17-12-15(3)23(6-2)16(17)4/h12H,5-11,13-14H2,1-4H3. The molecule has 3 rings (SSSR count). The zero-order valence-electron chi connectivity index (χ0n) is 16.1. The highest BCUT2D eigenvalue weighted by Gasteiger charge is 2.42. The summed E-state index contributed by atoms with van der Waals surface area (Å²) in [6.07, 6.45) is 3.69. The molecule has 0 N–H and O–H groups in total. The topological polar surface area (TPSA) is 45.5 Å². The molecule has 1 atom stereocenters. The molecule has 3 heterocycles. The Bertz CT molecular complexity index is 679. The summed E-state index contributed by atoms with van der Waals surface area (Å²) < 4.78 is 2.20. The number of amides is 2. The Morgan fingerprint density at radius 3 is 2.56 bits per heavy atom. The van der Waals surface area contributed by atoms with Crippen molar-refractivity contribution in [3.8, 4) is 0 Å². The molecule has 0 aliphatic carbocycles. The van der Waals surface area contributed by atoms with E-state index in [-0.39, 0.29) is 17.2 Å². The molecule has 138 valence electrons. The summed E-state index contributed by atoms with van der Waals surface area (Å²) in [5, 5.41) is 0. The van der Waals surface area contributed by atoms with Gasteiger partial charge in [-0.2, -0.15) is 0 Å². The van der Waals surface area contributed by atoms with Crippen LogP contribution < -0.4 is 0 Å². The fourth-order valence-electron chi connectivity index (χ4n) is 4.78. The summed E-state index contributed by atoms with van der Waals surface area (Å²) in [7, 11) is 0. The van der Waals surface area contributed by atoms with E-state index in [9.17, 15) is 9.59 Å². The van der Waals surface area contributed by atoms with Crippen molar-refractivity contribution in [2.45, 2.75) is 59.9 Å². The van der Waals surface area contributed by atoms with Gasteiger partial charge in [-0.3, -0.25) is 9.59 Å². The molecule has 2 saturated heterocycles. The molecule has 0 aromatic carbocycles. The minimum atomic E-state index is 0.0914. The maximum absolute atomic E-state index is 13.2. The predicted molar refractivity (Wildman–Crippen MR) is 98.6 cm³/mol. The van der Waals surface area contributed by atoms with Gasteiger partial charge in [-0.25, -0.2) is 0 Å². The van der Waals surface area contributed by atoms with Gasteiger partial charge >= 0.3 is 0 Å². The SMILES string of the molecule is CCN1CC2(CCCN(C(=O)c3cc(C)n(CC)c3C)C2)CCC1=O. The second-order valence-electron chi connectivity index (χ2n) is 7.77. The first kappa shape index (κ1) is 18.0. The maximum Gasteiger partial charge on any atom is 0.255 e. The summed E-state index contributed by atoms with van der Waals surface area (Å²) >= 11 is 0. The van der Waals surface area contributed by atoms with Gasteiger partial charge in [0.25, 0.3) is 5.91 Å². The summed E-state index contributed by atoms with van der Waals surface area (Å²) in [5.41, 5.74) is 3.15. The molecule has 1 spiro atoms. The molecule has 0 saturated carbocycles. The Morgan fingerprint density at radius 2 is 1.92 bits per heavy atom. The number of likely N-dealkylation sites (tertiary alicyclic amines) is 2. The lowest BCUT2D eigenvalue weighted by molar-refractivity contribution is -0.138. The van der Waals surface area contributed by atoms with E-state index in [2.05, 4.69) is 18.4 Å². The molecule has 1 aromatic rings. The lowest BCUT2D eigenvalue weighted by Gasteiger charge is -2.48. The van der Waals surface area contributed by atoms with Crippen LogP contribution >= 0.6 is 0 Å². The van der Waals surface area contributed by atoms with E-state index >= 15 is 0 Å². The van der Waals surface area contributed by atoms with E-state index in [1.165, 1.54) is 0 Å². The average molecular weight is 345 g/mol. The Balaban J connectivity index is 1.79. The van der Waals surface area contributed by atoms with Gasteiger partial charge in [-0.1, -0.05) is 0 Å². The number of piperidine rings is 2. The van der Waals surface area contributed by atoms with E-state index in [1.54, 1.807) is 0 Å². The lowest BCUT2D eigenvalue weighted by atomic mass is 9.73. The molecule has 2 aliphatic rings. The van der Waals surface area contributed by atoms with Gasteiger partial charge < -0.3 is 14.4 Å². The molecule has 2 amide bonds. The van der Waals surface area contributed by atoms with Gasteiger partial charge in [0.1, 0.15) is 0 Å². The van der Waals surface area contributed by atoms with Crippen molar-refractivity contribution in [3.63, 3.8) is 0 Å². The molecule has 2 aliphatic heterocycles. The Morgan fingerprint density at radius 1 is 1.16 bits per heavy atom. The van der Waals surface area contributed by atoms with Crippen molar-refractivity contribution < 1.29 is 9.59 Å². The highest BCUT2D eigenvalue weighted by molar-refractivity contribution is 5.96. The summed E-state index contributed by atoms with van der Waals surface area (Å²) in [6, 6.07) is 2.03. The van der Waals surface area contributed by atoms with Gasteiger partial charge in [-0.05, 0) is 53.0 Å². The van der Waals surface area contributed by atoms with Crippen LogP contribution in [0, 0.1) is 19.3 Å². The van der Waals surface area contributed by atoms with Crippen LogP contribution in [-0.4, -0.2) is 52.4 Å². The minimum absolute atomic E-state index is 0.0914. The zero-order valence-corrected chi connectivity index (χ0v) is 16.1. The normalized spacial score (nSPS) is 24.2. The lowest BCUT2D eigenvalue weighted by Crippen LogP contribution is -2.55. The third-order valence-corrected chi connectivity index (χ3v) is 6.20. The highest BCUT2D eigenvalue weighted by atomic mass is 16.2. The molecule has 1 unspecified atom stereocenters. The number of carbonyl (C=O) groups is 2. The largest absolute Gasteiger partial charge is 0.349 e. The average Bonchev–Trinajstić information content (AvgIpc) is 2.90. The Hall–Kier alpha value is -1.78. The summed E-state index contributed by atoms with van der Waals surface area (Å²) in [5.74, 6) is 0.426. The number of rotatable bonds is 3. The van der Waals surface area contributed by atoms with Crippen molar-refractivity contribution in [1.29, 1.82) is 0 Å².